The van der Waals surface area contributed by atoms with Gasteiger partial charge < -0.3 is 5.32 Å². The topological polar surface area (TPSA) is 54.9 Å². The molecule has 2 heterocycles. The maximum absolute atomic E-state index is 13.7. The van der Waals surface area contributed by atoms with Gasteiger partial charge in [-0.3, -0.25) is 4.79 Å². The first-order valence-corrected chi connectivity index (χ1v) is 10.8. The zero-order valence-electron chi connectivity index (χ0n) is 14.0. The van der Waals surface area contributed by atoms with E-state index in [0.717, 1.165) is 14.6 Å². The number of carbonyl (C=O) groups excluding carboxylic acids is 1. The summed E-state index contributed by atoms with van der Waals surface area (Å²) in [6.07, 6.45) is 0.187. The van der Waals surface area contributed by atoms with Crippen LogP contribution in [-0.4, -0.2) is 15.9 Å². The molecule has 0 aliphatic heterocycles. The minimum Gasteiger partial charge on any atom is -0.302 e. The van der Waals surface area contributed by atoms with Crippen molar-refractivity contribution in [2.45, 2.75) is 16.5 Å². The van der Waals surface area contributed by atoms with Gasteiger partial charge >= 0.3 is 0 Å². The van der Waals surface area contributed by atoms with Crippen LogP contribution >= 0.6 is 34.4 Å². The van der Waals surface area contributed by atoms with Crippen molar-refractivity contribution < 1.29 is 9.18 Å². The molecule has 0 aliphatic carbocycles. The lowest BCUT2D eigenvalue weighted by Crippen LogP contribution is -2.14. The number of halogens is 1. The van der Waals surface area contributed by atoms with E-state index in [1.165, 1.54) is 40.5 Å². The van der Waals surface area contributed by atoms with Gasteiger partial charge in [0.05, 0.1) is 22.3 Å². The molecule has 0 spiro atoms. The van der Waals surface area contributed by atoms with Gasteiger partial charge in [-0.15, -0.1) is 11.3 Å². The van der Waals surface area contributed by atoms with Gasteiger partial charge in [0.25, 0.3) is 0 Å². The summed E-state index contributed by atoms with van der Waals surface area (Å²) in [6, 6.07) is 14.5. The molecule has 2 aromatic heterocycles. The number of carbonyl (C=O) groups is 1. The fraction of sp³-hybridized carbons (Fsp3) is 0.105. The first-order chi connectivity index (χ1) is 13.2. The van der Waals surface area contributed by atoms with Crippen LogP contribution in [0.1, 0.15) is 11.3 Å². The summed E-state index contributed by atoms with van der Waals surface area (Å²) >= 11 is 4.38. The number of para-hydroxylation sites is 1. The van der Waals surface area contributed by atoms with E-state index >= 15 is 0 Å². The zero-order valence-corrected chi connectivity index (χ0v) is 16.5. The Kier molecular flexibility index (Phi) is 5.47. The Morgan fingerprint density at radius 3 is 2.78 bits per heavy atom. The van der Waals surface area contributed by atoms with Gasteiger partial charge in [0.15, 0.2) is 5.13 Å². The number of rotatable bonds is 6. The van der Waals surface area contributed by atoms with Gasteiger partial charge in [-0.1, -0.05) is 53.4 Å². The Hall–Kier alpha value is -2.29. The number of nitrogens with one attached hydrogen (secondary N) is 1. The summed E-state index contributed by atoms with van der Waals surface area (Å²) in [5, 5.41) is 5.28. The van der Waals surface area contributed by atoms with Gasteiger partial charge in [0, 0.05) is 11.1 Å². The third-order valence-electron chi connectivity index (χ3n) is 3.72. The van der Waals surface area contributed by atoms with Crippen LogP contribution in [0, 0.1) is 5.82 Å². The van der Waals surface area contributed by atoms with E-state index in [9.17, 15) is 9.18 Å². The number of hydrogen-bond acceptors (Lipinski definition) is 6. The van der Waals surface area contributed by atoms with Crippen molar-refractivity contribution in [3.63, 3.8) is 0 Å². The van der Waals surface area contributed by atoms with Crippen molar-refractivity contribution in [2.24, 2.45) is 0 Å². The predicted molar refractivity (Wildman–Crippen MR) is 110 cm³/mol. The second-order valence-corrected chi connectivity index (χ2v) is 8.81. The second-order valence-electron chi connectivity index (χ2n) is 5.70. The van der Waals surface area contributed by atoms with Crippen molar-refractivity contribution >= 4 is 55.7 Å². The van der Waals surface area contributed by atoms with Crippen molar-refractivity contribution in [3.05, 3.63) is 71.0 Å². The molecule has 0 bridgehead atoms. The van der Waals surface area contributed by atoms with Gasteiger partial charge in [0.1, 0.15) is 10.2 Å². The predicted octanol–water partition coefficient (Wildman–Crippen LogP) is 5.37. The van der Waals surface area contributed by atoms with E-state index in [0.29, 0.717) is 22.1 Å². The Morgan fingerprint density at radius 1 is 1.11 bits per heavy atom. The van der Waals surface area contributed by atoms with Crippen molar-refractivity contribution in [1.82, 2.24) is 9.97 Å². The molecule has 8 heteroatoms. The third-order valence-corrected chi connectivity index (χ3v) is 6.79. The molecule has 0 fully saturated rings. The normalized spacial score (nSPS) is 11.0. The molecule has 4 aromatic rings. The fourth-order valence-electron chi connectivity index (χ4n) is 2.44. The summed E-state index contributed by atoms with van der Waals surface area (Å²) < 4.78 is 15.5. The molecule has 27 heavy (non-hydrogen) atoms. The Balaban J connectivity index is 1.34. The zero-order chi connectivity index (χ0) is 18.6. The molecule has 0 unspecified atom stereocenters. The van der Waals surface area contributed by atoms with Crippen LogP contribution in [0.25, 0.3) is 10.2 Å². The second kappa shape index (κ2) is 8.16. The highest BCUT2D eigenvalue weighted by molar-refractivity contribution is 8.00. The summed E-state index contributed by atoms with van der Waals surface area (Å²) in [5.74, 6) is 0.152. The summed E-state index contributed by atoms with van der Waals surface area (Å²) in [4.78, 5) is 21.1. The molecule has 0 aliphatic rings. The number of aromatic nitrogens is 2. The minimum atomic E-state index is -0.211. The first kappa shape index (κ1) is 18.1. The number of hydrogen-bond donors (Lipinski definition) is 1. The van der Waals surface area contributed by atoms with Crippen LogP contribution in [0.5, 0.6) is 0 Å². The third kappa shape index (κ3) is 4.52. The maximum atomic E-state index is 13.7. The SMILES string of the molecule is O=C(Cc1csc(SCc2ccccc2F)n1)Nc1nc2ccccc2s1. The largest absolute Gasteiger partial charge is 0.302 e. The minimum absolute atomic E-state index is 0.148. The molecule has 1 N–H and O–H groups in total. The Morgan fingerprint density at radius 2 is 1.93 bits per heavy atom. The summed E-state index contributed by atoms with van der Waals surface area (Å²) in [7, 11) is 0. The lowest BCUT2D eigenvalue weighted by atomic mass is 10.2. The fourth-order valence-corrected chi connectivity index (χ4v) is 5.16. The average Bonchev–Trinajstić information content (AvgIpc) is 3.27. The van der Waals surface area contributed by atoms with Crippen LogP contribution < -0.4 is 5.32 Å². The first-order valence-electron chi connectivity index (χ1n) is 8.13. The molecule has 2 aromatic carbocycles. The number of thiazole rings is 2. The van der Waals surface area contributed by atoms with Crippen molar-refractivity contribution in [2.75, 3.05) is 5.32 Å². The number of amides is 1. The number of thioether (sulfide) groups is 1. The van der Waals surface area contributed by atoms with E-state index in [1.54, 1.807) is 12.1 Å². The quantitative estimate of drug-likeness (QED) is 0.431. The Labute approximate surface area is 167 Å². The lowest BCUT2D eigenvalue weighted by Gasteiger charge is -2.00. The number of nitrogens with zero attached hydrogens (tertiary/aromatic N) is 2. The molecule has 4 rings (SSSR count). The van der Waals surface area contributed by atoms with Crippen LogP contribution in [0.4, 0.5) is 9.52 Å². The number of anilines is 1. The molecule has 0 radical (unpaired) electrons. The summed E-state index contributed by atoms with van der Waals surface area (Å²) in [5.41, 5.74) is 2.22. The van der Waals surface area contributed by atoms with E-state index in [2.05, 4.69) is 15.3 Å². The van der Waals surface area contributed by atoms with E-state index in [1.807, 2.05) is 35.7 Å². The van der Waals surface area contributed by atoms with Crippen LogP contribution in [0.15, 0.2) is 58.3 Å². The van der Waals surface area contributed by atoms with Crippen molar-refractivity contribution in [3.8, 4) is 0 Å². The highest BCUT2D eigenvalue weighted by Gasteiger charge is 2.11. The molecule has 136 valence electrons. The summed E-state index contributed by atoms with van der Waals surface area (Å²) in [6.45, 7) is 0. The number of benzene rings is 2. The lowest BCUT2D eigenvalue weighted by molar-refractivity contribution is -0.115. The van der Waals surface area contributed by atoms with Crippen molar-refractivity contribution in [1.29, 1.82) is 0 Å². The molecule has 0 saturated heterocycles. The maximum Gasteiger partial charge on any atom is 0.232 e. The standard InChI is InChI=1S/C19H14FN3OS3/c20-14-6-2-1-5-12(14)10-25-19-21-13(11-26-19)9-17(24)23-18-22-15-7-3-4-8-16(15)27-18/h1-8,11H,9-10H2,(H,22,23,24). The molecular weight excluding hydrogens is 401 g/mol. The number of fused-ring (bicyclic) bond motifs is 1. The van der Waals surface area contributed by atoms with Crippen LogP contribution in [-0.2, 0) is 17.0 Å². The van der Waals surface area contributed by atoms with Gasteiger partial charge in [-0.25, -0.2) is 14.4 Å². The van der Waals surface area contributed by atoms with Gasteiger partial charge in [-0.05, 0) is 23.8 Å². The molecule has 0 saturated carbocycles. The Bertz CT molecular complexity index is 1060. The molecule has 4 nitrogen and oxygen atoms in total. The smallest absolute Gasteiger partial charge is 0.232 e. The van der Waals surface area contributed by atoms with E-state index in [-0.39, 0.29) is 18.1 Å². The van der Waals surface area contributed by atoms with Gasteiger partial charge in [-0.2, -0.15) is 0 Å². The molecular formula is C19H14FN3OS3. The highest BCUT2D eigenvalue weighted by atomic mass is 32.2. The monoisotopic (exact) mass is 415 g/mol. The molecule has 0 atom stereocenters. The van der Waals surface area contributed by atoms with Crippen LogP contribution in [0.2, 0.25) is 0 Å². The van der Waals surface area contributed by atoms with Crippen LogP contribution in [0.3, 0.4) is 0 Å². The molecule has 1 amide bonds. The van der Waals surface area contributed by atoms with E-state index < -0.39 is 0 Å². The van der Waals surface area contributed by atoms with E-state index in [4.69, 9.17) is 0 Å². The highest BCUT2D eigenvalue weighted by Crippen LogP contribution is 2.28. The van der Waals surface area contributed by atoms with Gasteiger partial charge in [0.2, 0.25) is 5.91 Å². The average molecular weight is 416 g/mol.